The normalized spacial score (nSPS) is 12.1. The first kappa shape index (κ1) is 21.3. The van der Waals surface area contributed by atoms with Crippen LogP contribution in [0.3, 0.4) is 0 Å². The van der Waals surface area contributed by atoms with Crippen molar-refractivity contribution in [3.8, 4) is 5.69 Å². The fourth-order valence-electron chi connectivity index (χ4n) is 4.15. The molecule has 5 rings (SSSR count). The number of ketones is 1. The zero-order valence-electron chi connectivity index (χ0n) is 18.6. The van der Waals surface area contributed by atoms with Gasteiger partial charge in [-0.05, 0) is 38.1 Å². The molecule has 2 heterocycles. The number of carbonyl (C=O) groups excluding carboxylic acids is 2. The minimum Gasteiger partial charge on any atom is -0.449 e. The third-order valence-corrected chi connectivity index (χ3v) is 5.79. The SMILES string of the molecule is Cc1[nH]c2ccccc2c1C(=O)C(C)OC(=O)c1nn(-c2ccccc2)c(=O)c2ccccc12. The minimum atomic E-state index is -1.05. The standard InChI is InChI=1S/C27H21N3O4/c1-16-23(21-14-8-9-15-22(21)28-16)25(31)17(2)34-27(33)24-19-12-6-7-13-20(19)26(32)30(29-24)18-10-4-3-5-11-18/h3-15,17,28H,1-2H3. The van der Waals surface area contributed by atoms with Gasteiger partial charge < -0.3 is 9.72 Å². The van der Waals surface area contributed by atoms with Gasteiger partial charge in [0.05, 0.1) is 11.1 Å². The number of Topliss-reactive ketones (excluding diaryl/α,β-unsaturated/α-hetero) is 1. The van der Waals surface area contributed by atoms with Gasteiger partial charge in [-0.15, -0.1) is 0 Å². The van der Waals surface area contributed by atoms with E-state index in [0.29, 0.717) is 27.7 Å². The number of aromatic amines is 1. The largest absolute Gasteiger partial charge is 0.449 e. The Morgan fingerprint density at radius 3 is 2.24 bits per heavy atom. The van der Waals surface area contributed by atoms with Crippen LogP contribution in [0, 0.1) is 6.92 Å². The summed E-state index contributed by atoms with van der Waals surface area (Å²) < 4.78 is 6.76. The number of esters is 1. The molecule has 0 amide bonds. The van der Waals surface area contributed by atoms with Gasteiger partial charge in [0.2, 0.25) is 5.78 Å². The van der Waals surface area contributed by atoms with Crippen molar-refractivity contribution in [1.29, 1.82) is 0 Å². The van der Waals surface area contributed by atoms with Crippen molar-refractivity contribution >= 4 is 33.4 Å². The summed E-state index contributed by atoms with van der Waals surface area (Å²) in [6.07, 6.45) is -1.05. The van der Waals surface area contributed by atoms with Gasteiger partial charge in [-0.2, -0.15) is 9.78 Å². The third kappa shape index (κ3) is 3.57. The van der Waals surface area contributed by atoms with E-state index in [9.17, 15) is 14.4 Å². The van der Waals surface area contributed by atoms with Crippen LogP contribution in [0.5, 0.6) is 0 Å². The molecule has 168 valence electrons. The molecule has 0 aliphatic carbocycles. The number of hydrogen-bond donors (Lipinski definition) is 1. The molecule has 0 radical (unpaired) electrons. The highest BCUT2D eigenvalue weighted by Crippen LogP contribution is 2.24. The number of hydrogen-bond acceptors (Lipinski definition) is 5. The Kier molecular flexibility index (Phi) is 5.30. The van der Waals surface area contributed by atoms with Gasteiger partial charge in [-0.1, -0.05) is 54.6 Å². The Bertz CT molecular complexity index is 1620. The Hall–Kier alpha value is -4.52. The van der Waals surface area contributed by atoms with Crippen LogP contribution in [0.15, 0.2) is 83.7 Å². The van der Waals surface area contributed by atoms with E-state index in [1.807, 2.05) is 37.3 Å². The molecule has 7 heteroatoms. The van der Waals surface area contributed by atoms with Gasteiger partial charge >= 0.3 is 5.97 Å². The fourth-order valence-corrected chi connectivity index (χ4v) is 4.15. The van der Waals surface area contributed by atoms with Crippen LogP contribution < -0.4 is 5.56 Å². The van der Waals surface area contributed by atoms with Crippen LogP contribution in [0.4, 0.5) is 0 Å². The van der Waals surface area contributed by atoms with Crippen molar-refractivity contribution in [3.05, 3.63) is 106 Å². The molecule has 34 heavy (non-hydrogen) atoms. The lowest BCUT2D eigenvalue weighted by Crippen LogP contribution is -2.28. The molecule has 0 saturated heterocycles. The average molecular weight is 451 g/mol. The average Bonchev–Trinajstić information content (AvgIpc) is 3.20. The molecule has 0 bridgehead atoms. The van der Waals surface area contributed by atoms with Crippen LogP contribution in [-0.4, -0.2) is 32.6 Å². The molecule has 2 aromatic heterocycles. The first-order valence-corrected chi connectivity index (χ1v) is 10.9. The number of H-pyrrole nitrogens is 1. The predicted octanol–water partition coefficient (Wildman–Crippen LogP) is 4.60. The zero-order valence-corrected chi connectivity index (χ0v) is 18.6. The highest BCUT2D eigenvalue weighted by atomic mass is 16.5. The molecular weight excluding hydrogens is 430 g/mol. The van der Waals surface area contributed by atoms with Gasteiger partial charge in [0.25, 0.3) is 5.56 Å². The number of para-hydroxylation sites is 2. The lowest BCUT2D eigenvalue weighted by molar-refractivity contribution is 0.0313. The highest BCUT2D eigenvalue weighted by Gasteiger charge is 2.27. The van der Waals surface area contributed by atoms with Gasteiger partial charge in [-0.3, -0.25) is 9.59 Å². The number of carbonyl (C=O) groups is 2. The van der Waals surface area contributed by atoms with Crippen molar-refractivity contribution in [3.63, 3.8) is 0 Å². The van der Waals surface area contributed by atoms with E-state index in [2.05, 4.69) is 10.1 Å². The van der Waals surface area contributed by atoms with Gasteiger partial charge in [0, 0.05) is 27.5 Å². The van der Waals surface area contributed by atoms with Crippen LogP contribution in [0.25, 0.3) is 27.4 Å². The summed E-state index contributed by atoms with van der Waals surface area (Å²) in [5.74, 6) is -1.09. The van der Waals surface area contributed by atoms with Crippen LogP contribution in [-0.2, 0) is 4.74 Å². The summed E-state index contributed by atoms with van der Waals surface area (Å²) in [6.45, 7) is 3.35. The van der Waals surface area contributed by atoms with Crippen molar-refractivity contribution in [1.82, 2.24) is 14.8 Å². The van der Waals surface area contributed by atoms with E-state index in [4.69, 9.17) is 4.74 Å². The molecule has 5 aromatic rings. The smallest absolute Gasteiger partial charge is 0.360 e. The second kappa shape index (κ2) is 8.44. The number of rotatable bonds is 5. The van der Waals surface area contributed by atoms with Crippen LogP contribution in [0.2, 0.25) is 0 Å². The molecular formula is C27H21N3O4. The maximum absolute atomic E-state index is 13.2. The third-order valence-electron chi connectivity index (χ3n) is 5.79. The lowest BCUT2D eigenvalue weighted by Gasteiger charge is -2.14. The minimum absolute atomic E-state index is 0.0330. The zero-order chi connectivity index (χ0) is 23.8. The maximum Gasteiger partial charge on any atom is 0.360 e. The van der Waals surface area contributed by atoms with E-state index in [1.165, 1.54) is 11.6 Å². The van der Waals surface area contributed by atoms with Crippen molar-refractivity contribution in [2.75, 3.05) is 0 Å². The molecule has 0 fully saturated rings. The molecule has 0 aliphatic rings. The summed E-state index contributed by atoms with van der Waals surface area (Å²) in [6, 6.07) is 23.0. The van der Waals surface area contributed by atoms with Crippen molar-refractivity contribution < 1.29 is 14.3 Å². The number of nitrogens with zero attached hydrogens (tertiary/aromatic N) is 2. The molecule has 0 saturated carbocycles. The topological polar surface area (TPSA) is 94.1 Å². The number of benzene rings is 3. The molecule has 1 N–H and O–H groups in total. The lowest BCUT2D eigenvalue weighted by atomic mass is 10.0. The molecule has 0 aliphatic heterocycles. The predicted molar refractivity (Wildman–Crippen MR) is 130 cm³/mol. The highest BCUT2D eigenvalue weighted by molar-refractivity contribution is 6.12. The monoisotopic (exact) mass is 451 g/mol. The number of nitrogens with one attached hydrogen (secondary N) is 1. The number of ether oxygens (including phenoxy) is 1. The summed E-state index contributed by atoms with van der Waals surface area (Å²) in [5, 5.41) is 5.80. The van der Waals surface area contributed by atoms with Crippen molar-refractivity contribution in [2.45, 2.75) is 20.0 Å². The van der Waals surface area contributed by atoms with Crippen LogP contribution >= 0.6 is 0 Å². The Labute approximate surface area is 194 Å². The van der Waals surface area contributed by atoms with E-state index in [-0.39, 0.29) is 17.0 Å². The molecule has 3 aromatic carbocycles. The van der Waals surface area contributed by atoms with E-state index < -0.39 is 12.1 Å². The van der Waals surface area contributed by atoms with Crippen molar-refractivity contribution in [2.24, 2.45) is 0 Å². The Morgan fingerprint density at radius 2 is 1.50 bits per heavy atom. The number of fused-ring (bicyclic) bond motifs is 2. The number of aromatic nitrogens is 3. The summed E-state index contributed by atoms with van der Waals surface area (Å²) >= 11 is 0. The van der Waals surface area contributed by atoms with Gasteiger partial charge in [-0.25, -0.2) is 4.79 Å². The second-order valence-electron chi connectivity index (χ2n) is 8.03. The second-order valence-corrected chi connectivity index (χ2v) is 8.03. The van der Waals surface area contributed by atoms with Gasteiger partial charge in [0.15, 0.2) is 11.8 Å². The van der Waals surface area contributed by atoms with E-state index >= 15 is 0 Å². The van der Waals surface area contributed by atoms with Gasteiger partial charge in [0.1, 0.15) is 0 Å². The fraction of sp³-hybridized carbons (Fsp3) is 0.111. The first-order valence-electron chi connectivity index (χ1n) is 10.9. The maximum atomic E-state index is 13.2. The summed E-state index contributed by atoms with van der Waals surface area (Å²) in [5.41, 5.74) is 2.17. The molecule has 1 unspecified atom stereocenters. The summed E-state index contributed by atoms with van der Waals surface area (Å²) in [4.78, 5) is 42.7. The van der Waals surface area contributed by atoms with E-state index in [1.54, 1.807) is 48.5 Å². The Morgan fingerprint density at radius 1 is 0.882 bits per heavy atom. The quantitative estimate of drug-likeness (QED) is 0.311. The van der Waals surface area contributed by atoms with E-state index in [0.717, 1.165) is 10.9 Å². The molecule has 1 atom stereocenters. The molecule has 7 nitrogen and oxygen atoms in total. The summed E-state index contributed by atoms with van der Waals surface area (Å²) in [7, 11) is 0. The number of aryl methyl sites for hydroxylation is 1. The Balaban J connectivity index is 1.53. The molecule has 0 spiro atoms. The first-order chi connectivity index (χ1) is 16.5. The van der Waals surface area contributed by atoms with Crippen LogP contribution in [0.1, 0.15) is 33.5 Å².